The third-order valence-electron chi connectivity index (χ3n) is 3.76. The molecule has 100 valence electrons. The van der Waals surface area contributed by atoms with Crippen molar-refractivity contribution in [3.8, 4) is 0 Å². The highest BCUT2D eigenvalue weighted by atomic mass is 32.2. The molecule has 0 amide bonds. The molecule has 1 aliphatic heterocycles. The molecule has 2 atom stereocenters. The zero-order valence-electron chi connectivity index (χ0n) is 11.6. The maximum atomic E-state index is 3.58. The average Bonchev–Trinajstić information content (AvgIpc) is 2.39. The van der Waals surface area contributed by atoms with Gasteiger partial charge in [0.15, 0.2) is 0 Å². The second-order valence-electron chi connectivity index (χ2n) is 4.99. The average molecular weight is 264 g/mol. The van der Waals surface area contributed by atoms with Crippen molar-refractivity contribution < 1.29 is 0 Å². The highest BCUT2D eigenvalue weighted by Gasteiger charge is 2.25. The Hall–Kier alpha value is -0.670. The Balaban J connectivity index is 2.10. The number of rotatable bonds is 4. The topological polar surface area (TPSA) is 15.3 Å². The maximum Gasteiger partial charge on any atom is 0.0506 e. The molecular formula is C15H24N2S. The van der Waals surface area contributed by atoms with Crippen LogP contribution < -0.4 is 10.2 Å². The predicted molar refractivity (Wildman–Crippen MR) is 81.7 cm³/mol. The fourth-order valence-corrected chi connectivity index (χ4v) is 3.48. The molecular weight excluding hydrogens is 240 g/mol. The van der Waals surface area contributed by atoms with Crippen LogP contribution in [0.3, 0.4) is 0 Å². The molecule has 0 saturated carbocycles. The van der Waals surface area contributed by atoms with Gasteiger partial charge in [0.05, 0.1) is 5.69 Å². The third-order valence-corrected chi connectivity index (χ3v) is 4.55. The lowest BCUT2D eigenvalue weighted by atomic mass is 9.97. The number of nitrogens with one attached hydrogen (secondary N) is 1. The molecule has 1 aliphatic rings. The number of nitrogens with zero attached hydrogens (tertiary/aromatic N) is 1. The fraction of sp³-hybridized carbons (Fsp3) is 0.600. The summed E-state index contributed by atoms with van der Waals surface area (Å²) in [6, 6.07) is 10.1. The Morgan fingerprint density at radius 3 is 2.83 bits per heavy atom. The van der Waals surface area contributed by atoms with Crippen molar-refractivity contribution in [1.29, 1.82) is 0 Å². The number of hydrogen-bond acceptors (Lipinski definition) is 3. The molecule has 2 unspecified atom stereocenters. The van der Waals surface area contributed by atoms with Crippen LogP contribution in [-0.2, 0) is 0 Å². The van der Waals surface area contributed by atoms with Crippen LogP contribution >= 0.6 is 11.8 Å². The van der Waals surface area contributed by atoms with Gasteiger partial charge in [-0.15, -0.1) is 11.8 Å². The highest BCUT2D eigenvalue weighted by Crippen LogP contribution is 2.32. The van der Waals surface area contributed by atoms with Gasteiger partial charge in [-0.2, -0.15) is 0 Å². The van der Waals surface area contributed by atoms with Crippen LogP contribution in [0.5, 0.6) is 0 Å². The zero-order chi connectivity index (χ0) is 13.0. The first-order valence-corrected chi connectivity index (χ1v) is 8.11. The van der Waals surface area contributed by atoms with Crippen molar-refractivity contribution in [1.82, 2.24) is 5.32 Å². The Morgan fingerprint density at radius 2 is 2.17 bits per heavy atom. The summed E-state index contributed by atoms with van der Waals surface area (Å²) in [6.45, 7) is 6.79. The summed E-state index contributed by atoms with van der Waals surface area (Å²) in [4.78, 5) is 3.96. The van der Waals surface area contributed by atoms with Gasteiger partial charge in [0, 0.05) is 23.5 Å². The summed E-state index contributed by atoms with van der Waals surface area (Å²) in [5.41, 5.74) is 1.41. The van der Waals surface area contributed by atoms with Crippen molar-refractivity contribution >= 4 is 17.4 Å². The molecule has 1 N–H and O–H groups in total. The normalized spacial score (nSPS) is 24.3. The Bertz CT molecular complexity index is 381. The summed E-state index contributed by atoms with van der Waals surface area (Å²) in [7, 11) is 0. The Morgan fingerprint density at radius 1 is 1.39 bits per heavy atom. The van der Waals surface area contributed by atoms with Crippen molar-refractivity contribution in [2.45, 2.75) is 43.7 Å². The number of hydrogen-bond donors (Lipinski definition) is 1. The molecule has 3 heteroatoms. The molecule has 1 aromatic rings. The lowest BCUT2D eigenvalue weighted by Gasteiger charge is -2.40. The second kappa shape index (κ2) is 6.48. The van der Waals surface area contributed by atoms with E-state index in [1.54, 1.807) is 0 Å². The predicted octanol–water partition coefficient (Wildman–Crippen LogP) is 3.38. The SMILES string of the molecule is CCNC1CCN(c2ccccc2SC)C(C)C1. The van der Waals surface area contributed by atoms with Crippen LogP contribution in [0, 0.1) is 0 Å². The Kier molecular flexibility index (Phi) is 4.95. The summed E-state index contributed by atoms with van der Waals surface area (Å²) in [6.07, 6.45) is 4.66. The molecule has 1 heterocycles. The standard InChI is InChI=1S/C15H24N2S/c1-4-16-13-9-10-17(12(2)11-13)14-7-5-6-8-15(14)18-3/h5-8,12-13,16H,4,9-11H2,1-3H3. The number of anilines is 1. The van der Waals surface area contributed by atoms with Crippen LogP contribution in [0.25, 0.3) is 0 Å². The van der Waals surface area contributed by atoms with Gasteiger partial charge in [0.1, 0.15) is 0 Å². The van der Waals surface area contributed by atoms with Gasteiger partial charge in [-0.25, -0.2) is 0 Å². The van der Waals surface area contributed by atoms with E-state index in [1.165, 1.54) is 23.4 Å². The van der Waals surface area contributed by atoms with E-state index in [0.717, 1.165) is 13.1 Å². The van der Waals surface area contributed by atoms with Gasteiger partial charge in [-0.1, -0.05) is 19.1 Å². The van der Waals surface area contributed by atoms with E-state index < -0.39 is 0 Å². The smallest absolute Gasteiger partial charge is 0.0506 e. The summed E-state index contributed by atoms with van der Waals surface area (Å²) in [5.74, 6) is 0. The van der Waals surface area contributed by atoms with Crippen LogP contribution in [0.2, 0.25) is 0 Å². The lowest BCUT2D eigenvalue weighted by molar-refractivity contribution is 0.373. The van der Waals surface area contributed by atoms with Crippen LogP contribution in [0.4, 0.5) is 5.69 Å². The quantitative estimate of drug-likeness (QED) is 0.839. The van der Waals surface area contributed by atoms with Crippen molar-refractivity contribution in [3.05, 3.63) is 24.3 Å². The minimum atomic E-state index is 0.621. The monoisotopic (exact) mass is 264 g/mol. The maximum absolute atomic E-state index is 3.58. The number of thioether (sulfide) groups is 1. The first kappa shape index (κ1) is 13.8. The van der Waals surface area contributed by atoms with Crippen LogP contribution in [-0.4, -0.2) is 31.4 Å². The first-order valence-electron chi connectivity index (χ1n) is 6.89. The summed E-state index contributed by atoms with van der Waals surface area (Å²) < 4.78 is 0. The van der Waals surface area contributed by atoms with E-state index in [1.807, 2.05) is 11.8 Å². The molecule has 2 rings (SSSR count). The molecule has 1 fully saturated rings. The van der Waals surface area contributed by atoms with Gasteiger partial charge < -0.3 is 10.2 Å². The molecule has 0 bridgehead atoms. The molecule has 0 aliphatic carbocycles. The zero-order valence-corrected chi connectivity index (χ0v) is 12.5. The van der Waals surface area contributed by atoms with E-state index in [-0.39, 0.29) is 0 Å². The molecule has 18 heavy (non-hydrogen) atoms. The van der Waals surface area contributed by atoms with E-state index in [9.17, 15) is 0 Å². The molecule has 1 aromatic carbocycles. The van der Waals surface area contributed by atoms with E-state index in [2.05, 4.69) is 54.6 Å². The lowest BCUT2D eigenvalue weighted by Crippen LogP contribution is -2.47. The third kappa shape index (κ3) is 3.01. The fourth-order valence-electron chi connectivity index (χ4n) is 2.87. The van der Waals surface area contributed by atoms with Gasteiger partial charge in [0.2, 0.25) is 0 Å². The van der Waals surface area contributed by atoms with E-state index in [4.69, 9.17) is 0 Å². The van der Waals surface area contributed by atoms with Gasteiger partial charge in [0.25, 0.3) is 0 Å². The summed E-state index contributed by atoms with van der Waals surface area (Å²) in [5, 5.41) is 3.58. The van der Waals surface area contributed by atoms with Gasteiger partial charge >= 0.3 is 0 Å². The van der Waals surface area contributed by atoms with Crippen molar-refractivity contribution in [2.75, 3.05) is 24.2 Å². The number of benzene rings is 1. The molecule has 2 nitrogen and oxygen atoms in total. The minimum absolute atomic E-state index is 0.621. The molecule has 0 aromatic heterocycles. The van der Waals surface area contributed by atoms with Crippen molar-refractivity contribution in [2.24, 2.45) is 0 Å². The van der Waals surface area contributed by atoms with E-state index in [0.29, 0.717) is 12.1 Å². The van der Waals surface area contributed by atoms with Crippen LogP contribution in [0.15, 0.2) is 29.2 Å². The second-order valence-corrected chi connectivity index (χ2v) is 5.84. The molecule has 0 radical (unpaired) electrons. The van der Waals surface area contributed by atoms with Gasteiger partial charge in [-0.3, -0.25) is 0 Å². The number of para-hydroxylation sites is 1. The highest BCUT2D eigenvalue weighted by molar-refractivity contribution is 7.98. The van der Waals surface area contributed by atoms with Crippen LogP contribution in [0.1, 0.15) is 26.7 Å². The largest absolute Gasteiger partial charge is 0.368 e. The molecule has 0 spiro atoms. The summed E-state index contributed by atoms with van der Waals surface area (Å²) >= 11 is 1.84. The first-order chi connectivity index (χ1) is 8.76. The van der Waals surface area contributed by atoms with E-state index >= 15 is 0 Å². The minimum Gasteiger partial charge on any atom is -0.368 e. The Labute approximate surface area is 115 Å². The number of piperidine rings is 1. The van der Waals surface area contributed by atoms with Crippen molar-refractivity contribution in [3.63, 3.8) is 0 Å². The van der Waals surface area contributed by atoms with Gasteiger partial charge in [-0.05, 0) is 44.7 Å². The molecule has 1 saturated heterocycles.